The second kappa shape index (κ2) is 8.04. The number of carbonyl (C=O) groups excluding carboxylic acids is 2. The van der Waals surface area contributed by atoms with Gasteiger partial charge in [0, 0.05) is 42.9 Å². The van der Waals surface area contributed by atoms with Crippen LogP contribution >= 0.6 is 0 Å². The van der Waals surface area contributed by atoms with Gasteiger partial charge in [0.05, 0.1) is 4.92 Å². The molecular formula is C19H26N4O4. The van der Waals surface area contributed by atoms with E-state index in [1.807, 2.05) is 11.9 Å². The van der Waals surface area contributed by atoms with Gasteiger partial charge in [-0.2, -0.15) is 0 Å². The Labute approximate surface area is 158 Å². The summed E-state index contributed by atoms with van der Waals surface area (Å²) in [6.07, 6.45) is 3.46. The molecule has 0 spiro atoms. The number of hydrogen-bond acceptors (Lipinski definition) is 5. The number of rotatable bonds is 4. The molecule has 146 valence electrons. The van der Waals surface area contributed by atoms with Crippen LogP contribution in [0.4, 0.5) is 5.69 Å². The molecule has 0 aromatic heterocycles. The molecule has 2 fully saturated rings. The third-order valence-corrected chi connectivity index (χ3v) is 5.58. The van der Waals surface area contributed by atoms with Crippen molar-refractivity contribution < 1.29 is 14.5 Å². The van der Waals surface area contributed by atoms with Gasteiger partial charge in [0.2, 0.25) is 5.91 Å². The van der Waals surface area contributed by atoms with Crippen LogP contribution in [-0.2, 0) is 4.79 Å². The molecule has 0 saturated carbocycles. The van der Waals surface area contributed by atoms with Gasteiger partial charge in [0.25, 0.3) is 11.6 Å². The predicted octanol–water partition coefficient (Wildman–Crippen LogP) is 1.72. The highest BCUT2D eigenvalue weighted by atomic mass is 16.6. The highest BCUT2D eigenvalue weighted by Crippen LogP contribution is 2.25. The maximum atomic E-state index is 13.0. The monoisotopic (exact) mass is 374 g/mol. The average Bonchev–Trinajstić information content (AvgIpc) is 3.16. The molecule has 1 aromatic carbocycles. The minimum Gasteiger partial charge on any atom is -0.339 e. The van der Waals surface area contributed by atoms with Crippen molar-refractivity contribution in [3.05, 3.63) is 39.4 Å². The number of piperidine rings is 1. The quantitative estimate of drug-likeness (QED) is 0.639. The fourth-order valence-corrected chi connectivity index (χ4v) is 4.05. The first kappa shape index (κ1) is 19.3. The summed E-state index contributed by atoms with van der Waals surface area (Å²) in [5.74, 6) is -0.217. The molecule has 2 aliphatic rings. The van der Waals surface area contributed by atoms with E-state index in [2.05, 4.69) is 5.32 Å². The van der Waals surface area contributed by atoms with Gasteiger partial charge in [-0.1, -0.05) is 0 Å². The summed E-state index contributed by atoms with van der Waals surface area (Å²) in [5, 5.41) is 14.2. The fourth-order valence-electron chi connectivity index (χ4n) is 4.05. The number of amides is 2. The second-order valence-corrected chi connectivity index (χ2v) is 7.33. The maximum absolute atomic E-state index is 13.0. The fraction of sp³-hybridized carbons (Fsp3) is 0.579. The van der Waals surface area contributed by atoms with E-state index in [0.29, 0.717) is 36.7 Å². The van der Waals surface area contributed by atoms with Crippen LogP contribution in [-0.4, -0.2) is 65.3 Å². The molecule has 2 aliphatic heterocycles. The van der Waals surface area contributed by atoms with Crippen LogP contribution in [0.15, 0.2) is 18.2 Å². The topological polar surface area (TPSA) is 95.8 Å². The molecule has 3 rings (SSSR count). The largest absolute Gasteiger partial charge is 0.339 e. The normalized spacial score (nSPS) is 22.7. The van der Waals surface area contributed by atoms with Crippen LogP contribution < -0.4 is 5.32 Å². The smallest absolute Gasteiger partial charge is 0.272 e. The number of nitrogens with one attached hydrogen (secondary N) is 1. The summed E-state index contributed by atoms with van der Waals surface area (Å²) in [5.41, 5.74) is 0.831. The Morgan fingerprint density at radius 3 is 2.63 bits per heavy atom. The SMILES string of the molecule is CNC1CCCN(C(=O)C2CCCN2C(=O)c2ccc([N+](=O)[O-])c(C)c2)C1. The average molecular weight is 374 g/mol. The third-order valence-electron chi connectivity index (χ3n) is 5.58. The molecule has 8 nitrogen and oxygen atoms in total. The van der Waals surface area contributed by atoms with E-state index < -0.39 is 11.0 Å². The Hall–Kier alpha value is -2.48. The molecule has 1 aromatic rings. The van der Waals surface area contributed by atoms with Gasteiger partial charge < -0.3 is 15.1 Å². The van der Waals surface area contributed by atoms with E-state index in [-0.39, 0.29) is 17.5 Å². The molecule has 2 amide bonds. The number of carbonyl (C=O) groups is 2. The van der Waals surface area contributed by atoms with Gasteiger partial charge >= 0.3 is 0 Å². The minimum atomic E-state index is -0.458. The summed E-state index contributed by atoms with van der Waals surface area (Å²) in [6, 6.07) is 4.23. The Bertz CT molecular complexity index is 751. The van der Waals surface area contributed by atoms with E-state index in [4.69, 9.17) is 0 Å². The summed E-state index contributed by atoms with van der Waals surface area (Å²) in [7, 11) is 1.90. The van der Waals surface area contributed by atoms with Gasteiger partial charge in [-0.25, -0.2) is 0 Å². The van der Waals surface area contributed by atoms with Crippen molar-refractivity contribution in [1.82, 2.24) is 15.1 Å². The Kier molecular flexibility index (Phi) is 5.74. The van der Waals surface area contributed by atoms with Crippen LogP contribution in [0.1, 0.15) is 41.6 Å². The zero-order chi connectivity index (χ0) is 19.6. The van der Waals surface area contributed by atoms with Gasteiger partial charge in [0.15, 0.2) is 0 Å². The molecular weight excluding hydrogens is 348 g/mol. The van der Waals surface area contributed by atoms with Crippen molar-refractivity contribution in [1.29, 1.82) is 0 Å². The van der Waals surface area contributed by atoms with Crippen molar-refractivity contribution in [3.8, 4) is 0 Å². The number of likely N-dealkylation sites (N-methyl/N-ethyl adjacent to an activating group) is 1. The van der Waals surface area contributed by atoms with E-state index in [1.165, 1.54) is 18.2 Å². The second-order valence-electron chi connectivity index (χ2n) is 7.33. The molecule has 0 radical (unpaired) electrons. The Morgan fingerprint density at radius 2 is 1.96 bits per heavy atom. The number of likely N-dealkylation sites (tertiary alicyclic amines) is 2. The van der Waals surface area contributed by atoms with Gasteiger partial charge in [0.1, 0.15) is 6.04 Å². The third kappa shape index (κ3) is 3.95. The molecule has 27 heavy (non-hydrogen) atoms. The molecule has 2 unspecified atom stereocenters. The van der Waals surface area contributed by atoms with Gasteiger partial charge in [-0.05, 0) is 51.8 Å². The summed E-state index contributed by atoms with van der Waals surface area (Å²) < 4.78 is 0. The number of nitro benzene ring substituents is 1. The lowest BCUT2D eigenvalue weighted by Crippen LogP contribution is -2.53. The van der Waals surface area contributed by atoms with Crippen molar-refractivity contribution in [2.24, 2.45) is 0 Å². The molecule has 0 aliphatic carbocycles. The highest BCUT2D eigenvalue weighted by molar-refractivity contribution is 5.98. The molecule has 2 atom stereocenters. The van der Waals surface area contributed by atoms with Crippen LogP contribution in [0.5, 0.6) is 0 Å². The van der Waals surface area contributed by atoms with E-state index in [9.17, 15) is 19.7 Å². The summed E-state index contributed by atoms with van der Waals surface area (Å²) in [6.45, 7) is 3.55. The zero-order valence-electron chi connectivity index (χ0n) is 15.8. The van der Waals surface area contributed by atoms with Gasteiger partial charge in [-0.3, -0.25) is 19.7 Å². The van der Waals surface area contributed by atoms with Crippen LogP contribution in [0.25, 0.3) is 0 Å². The number of nitro groups is 1. The number of benzene rings is 1. The molecule has 2 saturated heterocycles. The first-order valence-corrected chi connectivity index (χ1v) is 9.44. The lowest BCUT2D eigenvalue weighted by Gasteiger charge is -2.36. The number of aryl methyl sites for hydroxylation is 1. The number of nitrogens with zero attached hydrogens (tertiary/aromatic N) is 3. The molecule has 1 N–H and O–H groups in total. The van der Waals surface area contributed by atoms with Crippen molar-refractivity contribution in [2.75, 3.05) is 26.7 Å². The van der Waals surface area contributed by atoms with Crippen molar-refractivity contribution in [2.45, 2.75) is 44.7 Å². The first-order chi connectivity index (χ1) is 12.9. The van der Waals surface area contributed by atoms with Crippen molar-refractivity contribution in [3.63, 3.8) is 0 Å². The molecule has 8 heteroatoms. The summed E-state index contributed by atoms with van der Waals surface area (Å²) in [4.78, 5) is 40.0. The minimum absolute atomic E-state index is 0.00739. The summed E-state index contributed by atoms with van der Waals surface area (Å²) >= 11 is 0. The Morgan fingerprint density at radius 1 is 1.22 bits per heavy atom. The van der Waals surface area contributed by atoms with Gasteiger partial charge in [-0.15, -0.1) is 0 Å². The van der Waals surface area contributed by atoms with Crippen LogP contribution in [0.3, 0.4) is 0 Å². The van der Waals surface area contributed by atoms with E-state index in [0.717, 1.165) is 25.8 Å². The number of hydrogen-bond donors (Lipinski definition) is 1. The van der Waals surface area contributed by atoms with Crippen molar-refractivity contribution >= 4 is 17.5 Å². The van der Waals surface area contributed by atoms with Crippen LogP contribution in [0.2, 0.25) is 0 Å². The molecule has 0 bridgehead atoms. The van der Waals surface area contributed by atoms with E-state index >= 15 is 0 Å². The maximum Gasteiger partial charge on any atom is 0.272 e. The first-order valence-electron chi connectivity index (χ1n) is 9.44. The van der Waals surface area contributed by atoms with Crippen LogP contribution in [0, 0.1) is 17.0 Å². The molecule has 2 heterocycles. The highest BCUT2D eigenvalue weighted by Gasteiger charge is 2.38. The predicted molar refractivity (Wildman–Crippen MR) is 101 cm³/mol. The lowest BCUT2D eigenvalue weighted by atomic mass is 10.0. The van der Waals surface area contributed by atoms with E-state index in [1.54, 1.807) is 11.8 Å². The zero-order valence-corrected chi connectivity index (χ0v) is 15.8. The lowest BCUT2D eigenvalue weighted by molar-refractivity contribution is -0.385. The standard InChI is InChI=1S/C19H26N4O4/c1-13-11-14(7-8-16(13)23(26)27)18(24)22-10-4-6-17(22)19(25)21-9-3-5-15(12-21)20-2/h7-8,11,15,17,20H,3-6,9-10,12H2,1-2H3. The Balaban J connectivity index is 1.75.